The zero-order valence-electron chi connectivity index (χ0n) is 10.1. The van der Waals surface area contributed by atoms with Gasteiger partial charge in [-0.05, 0) is 38.3 Å². The van der Waals surface area contributed by atoms with E-state index in [1.54, 1.807) is 0 Å². The zero-order chi connectivity index (χ0) is 11.8. The van der Waals surface area contributed by atoms with Crippen LogP contribution in [0.25, 0.3) is 0 Å². The molecule has 0 spiro atoms. The van der Waals surface area contributed by atoms with Gasteiger partial charge in [-0.25, -0.2) is 0 Å². The normalized spacial score (nSPS) is 28.2. The number of carbonyl (C=O) groups is 1. The molecular weight excluding hydrogens is 216 g/mol. The van der Waals surface area contributed by atoms with E-state index >= 15 is 0 Å². The first-order valence-corrected chi connectivity index (χ1v) is 6.29. The molecule has 1 aromatic heterocycles. The Kier molecular flexibility index (Phi) is 2.63. The maximum Gasteiger partial charge on any atom is 0.274 e. The molecule has 2 atom stereocenters. The van der Waals surface area contributed by atoms with Gasteiger partial charge in [0.15, 0.2) is 0 Å². The van der Waals surface area contributed by atoms with Gasteiger partial charge in [0.05, 0.1) is 0 Å². The van der Waals surface area contributed by atoms with E-state index in [1.807, 2.05) is 17.9 Å². The van der Waals surface area contributed by atoms with Crippen LogP contribution in [-0.2, 0) is 0 Å². The number of nitrogens with zero attached hydrogens (tertiary/aromatic N) is 2. The summed E-state index contributed by atoms with van der Waals surface area (Å²) in [6, 6.07) is 2.45. The predicted octanol–water partition coefficient (Wildman–Crippen LogP) is 0.542. The fourth-order valence-corrected chi connectivity index (χ4v) is 2.92. The van der Waals surface area contributed by atoms with Crippen LogP contribution in [0.1, 0.15) is 29.0 Å². The van der Waals surface area contributed by atoms with Crippen LogP contribution < -0.4 is 5.32 Å². The summed E-state index contributed by atoms with van der Waals surface area (Å²) >= 11 is 0. The van der Waals surface area contributed by atoms with Crippen molar-refractivity contribution in [3.05, 3.63) is 17.5 Å². The number of piperidine rings is 1. The highest BCUT2D eigenvalue weighted by Gasteiger charge is 2.34. The predicted molar refractivity (Wildman–Crippen MR) is 63.7 cm³/mol. The maximum absolute atomic E-state index is 12.2. The Balaban J connectivity index is 1.70. The summed E-state index contributed by atoms with van der Waals surface area (Å²) in [5.41, 5.74) is 1.48. The van der Waals surface area contributed by atoms with Crippen LogP contribution in [0.2, 0.25) is 0 Å². The van der Waals surface area contributed by atoms with E-state index in [-0.39, 0.29) is 5.91 Å². The highest BCUT2D eigenvalue weighted by Crippen LogP contribution is 2.25. The first-order valence-electron chi connectivity index (χ1n) is 6.29. The molecule has 1 aromatic rings. The largest absolute Gasteiger partial charge is 0.337 e. The highest BCUT2D eigenvalue weighted by atomic mass is 16.2. The van der Waals surface area contributed by atoms with Crippen molar-refractivity contribution in [2.75, 3.05) is 19.6 Å². The number of hydrogen-bond acceptors (Lipinski definition) is 3. The number of fused-ring (bicyclic) bond motifs is 1. The van der Waals surface area contributed by atoms with E-state index in [4.69, 9.17) is 0 Å². The van der Waals surface area contributed by atoms with E-state index in [1.165, 1.54) is 6.42 Å². The molecule has 5 heteroatoms. The van der Waals surface area contributed by atoms with Crippen LogP contribution in [-0.4, -0.2) is 46.7 Å². The van der Waals surface area contributed by atoms with Gasteiger partial charge in [-0.3, -0.25) is 9.89 Å². The lowest BCUT2D eigenvalue weighted by Crippen LogP contribution is -2.46. The quantitative estimate of drug-likeness (QED) is 0.745. The average Bonchev–Trinajstić information content (AvgIpc) is 2.95. The number of carbonyl (C=O) groups excluding carboxylic acids is 1. The van der Waals surface area contributed by atoms with Crippen molar-refractivity contribution in [2.45, 2.75) is 25.8 Å². The van der Waals surface area contributed by atoms with Crippen molar-refractivity contribution < 1.29 is 4.79 Å². The van der Waals surface area contributed by atoms with Crippen molar-refractivity contribution in [2.24, 2.45) is 5.92 Å². The number of aromatic amines is 1. The lowest BCUT2D eigenvalue weighted by atomic mass is 9.93. The van der Waals surface area contributed by atoms with Crippen molar-refractivity contribution in [1.29, 1.82) is 0 Å². The molecule has 0 saturated carbocycles. The summed E-state index contributed by atoms with van der Waals surface area (Å²) in [6.45, 7) is 4.73. The smallest absolute Gasteiger partial charge is 0.274 e. The zero-order valence-corrected chi connectivity index (χ0v) is 10.1. The number of aryl methyl sites for hydroxylation is 1. The fourth-order valence-electron chi connectivity index (χ4n) is 2.92. The second-order valence-corrected chi connectivity index (χ2v) is 5.09. The lowest BCUT2D eigenvalue weighted by molar-refractivity contribution is 0.0656. The van der Waals surface area contributed by atoms with Gasteiger partial charge in [0.25, 0.3) is 5.91 Å². The van der Waals surface area contributed by atoms with E-state index in [9.17, 15) is 4.79 Å². The number of nitrogens with one attached hydrogen (secondary N) is 2. The van der Waals surface area contributed by atoms with E-state index in [2.05, 4.69) is 15.5 Å². The highest BCUT2D eigenvalue weighted by molar-refractivity contribution is 5.92. The molecule has 0 bridgehead atoms. The van der Waals surface area contributed by atoms with Crippen LogP contribution in [0, 0.1) is 12.8 Å². The summed E-state index contributed by atoms with van der Waals surface area (Å²) in [5, 5.41) is 10.4. The molecule has 0 radical (unpaired) electrons. The van der Waals surface area contributed by atoms with Gasteiger partial charge >= 0.3 is 0 Å². The standard InChI is InChI=1S/C12H18N4O/c1-8-6-11(15-14-8)12(17)16-5-3-10-9(7-16)2-4-13-10/h6,9-10,13H,2-5,7H2,1H3,(H,14,15). The van der Waals surface area contributed by atoms with Gasteiger partial charge in [-0.2, -0.15) is 5.10 Å². The van der Waals surface area contributed by atoms with Crippen LogP contribution in [0.3, 0.4) is 0 Å². The number of amides is 1. The molecule has 2 aliphatic rings. The minimum absolute atomic E-state index is 0.0692. The second kappa shape index (κ2) is 4.14. The molecule has 0 aromatic carbocycles. The molecular formula is C12H18N4O. The Morgan fingerprint density at radius 1 is 1.53 bits per heavy atom. The summed E-state index contributed by atoms with van der Waals surface area (Å²) in [7, 11) is 0. The molecule has 3 rings (SSSR count). The molecule has 5 nitrogen and oxygen atoms in total. The Labute approximate surface area is 101 Å². The summed E-state index contributed by atoms with van der Waals surface area (Å²) in [6.07, 6.45) is 2.26. The Morgan fingerprint density at radius 2 is 2.41 bits per heavy atom. The number of H-pyrrole nitrogens is 1. The van der Waals surface area contributed by atoms with Crippen molar-refractivity contribution >= 4 is 5.91 Å². The first-order chi connectivity index (χ1) is 8.24. The molecule has 1 amide bonds. The second-order valence-electron chi connectivity index (χ2n) is 5.09. The minimum Gasteiger partial charge on any atom is -0.337 e. The lowest BCUT2D eigenvalue weighted by Gasteiger charge is -2.34. The van der Waals surface area contributed by atoms with Crippen molar-refractivity contribution in [3.63, 3.8) is 0 Å². The number of hydrogen-bond donors (Lipinski definition) is 2. The first kappa shape index (κ1) is 10.8. The van der Waals surface area contributed by atoms with Crippen molar-refractivity contribution in [1.82, 2.24) is 20.4 Å². The SMILES string of the molecule is Cc1cc(C(=O)N2CCC3NCCC3C2)n[nH]1. The molecule has 3 heterocycles. The summed E-state index contributed by atoms with van der Waals surface area (Å²) < 4.78 is 0. The number of likely N-dealkylation sites (tertiary alicyclic amines) is 1. The van der Waals surface area contributed by atoms with Crippen LogP contribution in [0.5, 0.6) is 0 Å². The van der Waals surface area contributed by atoms with Gasteiger partial charge in [0.2, 0.25) is 0 Å². The average molecular weight is 234 g/mol. The van der Waals surface area contributed by atoms with Crippen LogP contribution >= 0.6 is 0 Å². The molecule has 0 aliphatic carbocycles. The molecule has 17 heavy (non-hydrogen) atoms. The third kappa shape index (κ3) is 1.95. The summed E-state index contributed by atoms with van der Waals surface area (Å²) in [4.78, 5) is 14.2. The van der Waals surface area contributed by atoms with E-state index in [0.717, 1.165) is 31.7 Å². The van der Waals surface area contributed by atoms with Gasteiger partial charge in [-0.1, -0.05) is 0 Å². The molecule has 2 aliphatic heterocycles. The Hall–Kier alpha value is -1.36. The molecule has 2 N–H and O–H groups in total. The molecule has 2 saturated heterocycles. The third-order valence-corrected chi connectivity index (χ3v) is 3.87. The molecule has 2 unspecified atom stereocenters. The van der Waals surface area contributed by atoms with Gasteiger partial charge in [0.1, 0.15) is 5.69 Å². The summed E-state index contributed by atoms with van der Waals surface area (Å²) in [5.74, 6) is 0.701. The Morgan fingerprint density at radius 3 is 3.18 bits per heavy atom. The van der Waals surface area contributed by atoms with Gasteiger partial charge in [-0.15, -0.1) is 0 Å². The van der Waals surface area contributed by atoms with Crippen LogP contribution in [0.4, 0.5) is 0 Å². The third-order valence-electron chi connectivity index (χ3n) is 3.87. The topological polar surface area (TPSA) is 61.0 Å². The van der Waals surface area contributed by atoms with Gasteiger partial charge < -0.3 is 10.2 Å². The fraction of sp³-hybridized carbons (Fsp3) is 0.667. The Bertz CT molecular complexity index is 428. The van der Waals surface area contributed by atoms with Gasteiger partial charge in [0, 0.05) is 24.8 Å². The molecule has 2 fully saturated rings. The molecule has 92 valence electrons. The minimum atomic E-state index is 0.0692. The monoisotopic (exact) mass is 234 g/mol. The number of rotatable bonds is 1. The van der Waals surface area contributed by atoms with E-state index in [0.29, 0.717) is 17.7 Å². The van der Waals surface area contributed by atoms with Crippen LogP contribution in [0.15, 0.2) is 6.07 Å². The van der Waals surface area contributed by atoms with Crippen molar-refractivity contribution in [3.8, 4) is 0 Å². The maximum atomic E-state index is 12.2. The van der Waals surface area contributed by atoms with E-state index < -0.39 is 0 Å². The number of aromatic nitrogens is 2.